The summed E-state index contributed by atoms with van der Waals surface area (Å²) in [6.45, 7) is 12.4. The second kappa shape index (κ2) is 6.02. The van der Waals surface area contributed by atoms with Gasteiger partial charge in [0.05, 0.1) is 5.41 Å². The molecule has 0 aromatic heterocycles. The van der Waals surface area contributed by atoms with Crippen molar-refractivity contribution in [3.05, 3.63) is 0 Å². The van der Waals surface area contributed by atoms with Gasteiger partial charge in [0, 0.05) is 18.7 Å². The highest BCUT2D eigenvalue weighted by Crippen LogP contribution is 2.29. The van der Waals surface area contributed by atoms with E-state index in [1.54, 1.807) is 0 Å². The Morgan fingerprint density at radius 1 is 1.17 bits per heavy atom. The maximum Gasteiger partial charge on any atom is 0.227 e. The van der Waals surface area contributed by atoms with Crippen LogP contribution in [0.1, 0.15) is 54.4 Å². The van der Waals surface area contributed by atoms with Crippen molar-refractivity contribution in [2.45, 2.75) is 59.9 Å². The molecule has 0 aromatic rings. The minimum absolute atomic E-state index is 0.00673. The number of rotatable bonds is 7. The van der Waals surface area contributed by atoms with Crippen LogP contribution < -0.4 is 11.1 Å². The topological polar surface area (TPSA) is 75.3 Å². The molecule has 0 spiro atoms. The van der Waals surface area contributed by atoms with Crippen LogP contribution in [0.3, 0.4) is 0 Å². The molecule has 0 aliphatic rings. The number of hydrogen-bond donors (Lipinski definition) is 3. The zero-order valence-corrected chi connectivity index (χ0v) is 12.8. The van der Waals surface area contributed by atoms with Crippen molar-refractivity contribution in [2.75, 3.05) is 13.2 Å². The van der Waals surface area contributed by atoms with Crippen LogP contribution >= 0.6 is 0 Å². The lowest BCUT2D eigenvalue weighted by Crippen LogP contribution is -2.56. The summed E-state index contributed by atoms with van der Waals surface area (Å²) in [6.07, 6.45) is 1.64. The molecule has 0 saturated heterocycles. The van der Waals surface area contributed by atoms with Crippen LogP contribution in [0.25, 0.3) is 0 Å². The van der Waals surface area contributed by atoms with Crippen molar-refractivity contribution in [3.63, 3.8) is 0 Å². The van der Waals surface area contributed by atoms with Gasteiger partial charge in [-0.1, -0.05) is 13.8 Å². The second-order valence-corrected chi connectivity index (χ2v) is 7.02. The van der Waals surface area contributed by atoms with E-state index in [1.165, 1.54) is 0 Å². The summed E-state index contributed by atoms with van der Waals surface area (Å²) in [5.41, 5.74) is 4.86. The number of amides is 1. The molecule has 0 rings (SSSR count). The van der Waals surface area contributed by atoms with Gasteiger partial charge in [-0.25, -0.2) is 0 Å². The van der Waals surface area contributed by atoms with Crippen LogP contribution in [0.15, 0.2) is 0 Å². The third-order valence-electron chi connectivity index (χ3n) is 3.92. The molecule has 0 fully saturated rings. The Bertz CT molecular complexity index is 278. The van der Waals surface area contributed by atoms with Crippen molar-refractivity contribution in [2.24, 2.45) is 16.6 Å². The molecule has 108 valence electrons. The van der Waals surface area contributed by atoms with Gasteiger partial charge in [-0.3, -0.25) is 4.79 Å². The summed E-state index contributed by atoms with van der Waals surface area (Å²) in [6, 6.07) is 0. The fraction of sp³-hybridized carbons (Fsp3) is 0.929. The summed E-state index contributed by atoms with van der Waals surface area (Å²) in [5, 5.41) is 11.8. The van der Waals surface area contributed by atoms with Gasteiger partial charge in [-0.2, -0.15) is 0 Å². The molecule has 0 aliphatic heterocycles. The fourth-order valence-corrected chi connectivity index (χ4v) is 1.48. The van der Waals surface area contributed by atoms with Crippen LogP contribution in [-0.4, -0.2) is 29.7 Å². The van der Waals surface area contributed by atoms with E-state index in [-0.39, 0.29) is 17.9 Å². The third kappa shape index (κ3) is 4.94. The van der Waals surface area contributed by atoms with E-state index >= 15 is 0 Å². The Morgan fingerprint density at radius 3 is 2.06 bits per heavy atom. The molecule has 1 amide bonds. The van der Waals surface area contributed by atoms with E-state index in [9.17, 15) is 4.79 Å². The SMILES string of the molecule is CC(C)(CCCO)CNC(=O)C(C)(C)C(C)(C)N. The lowest BCUT2D eigenvalue weighted by Gasteiger charge is -2.38. The average Bonchev–Trinajstić information content (AvgIpc) is 2.21. The molecule has 0 unspecified atom stereocenters. The number of aliphatic hydroxyl groups excluding tert-OH is 1. The first-order valence-corrected chi connectivity index (χ1v) is 6.62. The Balaban J connectivity index is 4.43. The Morgan fingerprint density at radius 2 is 1.67 bits per heavy atom. The number of carbonyl (C=O) groups excluding carboxylic acids is 1. The number of nitrogens with one attached hydrogen (secondary N) is 1. The number of nitrogens with two attached hydrogens (primary N) is 1. The second-order valence-electron chi connectivity index (χ2n) is 7.02. The van der Waals surface area contributed by atoms with Gasteiger partial charge in [0.15, 0.2) is 0 Å². The van der Waals surface area contributed by atoms with E-state index < -0.39 is 11.0 Å². The van der Waals surface area contributed by atoms with Crippen molar-refractivity contribution >= 4 is 5.91 Å². The van der Waals surface area contributed by atoms with Gasteiger partial charge in [0.25, 0.3) is 0 Å². The van der Waals surface area contributed by atoms with Crippen LogP contribution in [0.4, 0.5) is 0 Å². The fourth-order valence-electron chi connectivity index (χ4n) is 1.48. The highest BCUT2D eigenvalue weighted by atomic mass is 16.2. The molecule has 18 heavy (non-hydrogen) atoms. The highest BCUT2D eigenvalue weighted by molar-refractivity contribution is 5.83. The van der Waals surface area contributed by atoms with Crippen molar-refractivity contribution in [1.82, 2.24) is 5.32 Å². The number of aliphatic hydroxyl groups is 1. The zero-order chi connectivity index (χ0) is 14.6. The van der Waals surface area contributed by atoms with Gasteiger partial charge in [0.2, 0.25) is 5.91 Å². The summed E-state index contributed by atoms with van der Waals surface area (Å²) in [4.78, 5) is 12.2. The average molecular weight is 258 g/mol. The van der Waals surface area contributed by atoms with Crippen LogP contribution in [0.2, 0.25) is 0 Å². The first-order valence-electron chi connectivity index (χ1n) is 6.62. The first-order chi connectivity index (χ1) is 7.94. The molecular formula is C14H30N2O2. The zero-order valence-electron chi connectivity index (χ0n) is 12.8. The summed E-state index contributed by atoms with van der Waals surface area (Å²) in [5.74, 6) is -0.0212. The molecule has 0 aromatic carbocycles. The Kier molecular flexibility index (Phi) is 5.82. The molecule has 0 saturated carbocycles. The van der Waals surface area contributed by atoms with Crippen LogP contribution in [-0.2, 0) is 4.79 Å². The molecule has 0 heterocycles. The standard InChI is InChI=1S/C14H30N2O2/c1-12(2,8-7-9-17)10-16-11(18)13(3,4)14(5,6)15/h17H,7-10,15H2,1-6H3,(H,16,18). The smallest absolute Gasteiger partial charge is 0.227 e. The first kappa shape index (κ1) is 17.4. The molecule has 4 nitrogen and oxygen atoms in total. The third-order valence-corrected chi connectivity index (χ3v) is 3.92. The predicted octanol–water partition coefficient (Wildman–Crippen LogP) is 1.66. The van der Waals surface area contributed by atoms with Gasteiger partial charge in [0.1, 0.15) is 0 Å². The normalized spacial score (nSPS) is 13.6. The number of carbonyl (C=O) groups is 1. The monoisotopic (exact) mass is 258 g/mol. The van der Waals surface area contributed by atoms with E-state index in [0.29, 0.717) is 6.54 Å². The van der Waals surface area contributed by atoms with E-state index in [4.69, 9.17) is 10.8 Å². The maximum atomic E-state index is 12.2. The maximum absolute atomic E-state index is 12.2. The molecule has 0 aliphatic carbocycles. The molecule has 0 radical (unpaired) electrons. The van der Waals surface area contributed by atoms with Crippen LogP contribution in [0, 0.1) is 10.8 Å². The summed E-state index contributed by atoms with van der Waals surface area (Å²) >= 11 is 0. The lowest BCUT2D eigenvalue weighted by atomic mass is 9.74. The summed E-state index contributed by atoms with van der Waals surface area (Å²) in [7, 11) is 0. The predicted molar refractivity (Wildman–Crippen MR) is 75.2 cm³/mol. The minimum atomic E-state index is -0.611. The lowest BCUT2D eigenvalue weighted by molar-refractivity contribution is -0.132. The van der Waals surface area contributed by atoms with Crippen molar-refractivity contribution < 1.29 is 9.90 Å². The van der Waals surface area contributed by atoms with E-state index in [2.05, 4.69) is 19.2 Å². The van der Waals surface area contributed by atoms with E-state index in [1.807, 2.05) is 27.7 Å². The van der Waals surface area contributed by atoms with Gasteiger partial charge < -0.3 is 16.2 Å². The Hall–Kier alpha value is -0.610. The Labute approximate surface area is 111 Å². The van der Waals surface area contributed by atoms with Crippen LogP contribution in [0.5, 0.6) is 0 Å². The van der Waals surface area contributed by atoms with Crippen molar-refractivity contribution in [3.8, 4) is 0 Å². The quantitative estimate of drug-likeness (QED) is 0.650. The number of hydrogen-bond acceptors (Lipinski definition) is 3. The van der Waals surface area contributed by atoms with Gasteiger partial charge >= 0.3 is 0 Å². The van der Waals surface area contributed by atoms with E-state index in [0.717, 1.165) is 12.8 Å². The highest BCUT2D eigenvalue weighted by Gasteiger charge is 2.40. The van der Waals surface area contributed by atoms with Crippen molar-refractivity contribution in [1.29, 1.82) is 0 Å². The minimum Gasteiger partial charge on any atom is -0.396 e. The largest absolute Gasteiger partial charge is 0.396 e. The van der Waals surface area contributed by atoms with Gasteiger partial charge in [-0.05, 0) is 46.0 Å². The molecule has 0 bridgehead atoms. The molecule has 4 N–H and O–H groups in total. The summed E-state index contributed by atoms with van der Waals surface area (Å²) < 4.78 is 0. The molecular weight excluding hydrogens is 228 g/mol. The molecule has 0 atom stereocenters. The molecule has 4 heteroatoms. The van der Waals surface area contributed by atoms with Gasteiger partial charge in [-0.15, -0.1) is 0 Å².